The van der Waals surface area contributed by atoms with E-state index in [2.05, 4.69) is 11.8 Å². The van der Waals surface area contributed by atoms with Crippen LogP contribution in [0.25, 0.3) is 0 Å². The van der Waals surface area contributed by atoms with E-state index in [1.54, 1.807) is 0 Å². The maximum Gasteiger partial charge on any atom is 0.223 e. The number of likely N-dealkylation sites (tertiary alicyclic amines) is 2. The van der Waals surface area contributed by atoms with E-state index < -0.39 is 0 Å². The van der Waals surface area contributed by atoms with E-state index in [-0.39, 0.29) is 0 Å². The monoisotopic (exact) mass is 239 g/mol. The van der Waals surface area contributed by atoms with E-state index in [9.17, 15) is 4.79 Å². The van der Waals surface area contributed by atoms with Crippen molar-refractivity contribution in [3.8, 4) is 0 Å². The van der Waals surface area contributed by atoms with E-state index in [0.717, 1.165) is 25.6 Å². The van der Waals surface area contributed by atoms with Crippen molar-refractivity contribution in [2.24, 2.45) is 17.6 Å². The number of amides is 1. The van der Waals surface area contributed by atoms with Gasteiger partial charge in [-0.1, -0.05) is 6.92 Å². The largest absolute Gasteiger partial charge is 0.341 e. The van der Waals surface area contributed by atoms with Gasteiger partial charge >= 0.3 is 0 Å². The maximum atomic E-state index is 11.7. The third-order valence-corrected chi connectivity index (χ3v) is 4.19. The van der Waals surface area contributed by atoms with Gasteiger partial charge in [0, 0.05) is 26.1 Å². The molecular formula is C13H25N3O. The van der Waals surface area contributed by atoms with Gasteiger partial charge in [-0.2, -0.15) is 0 Å². The lowest BCUT2D eigenvalue weighted by Gasteiger charge is -2.31. The lowest BCUT2D eigenvalue weighted by atomic mass is 9.99. The summed E-state index contributed by atoms with van der Waals surface area (Å²) in [5.41, 5.74) is 5.62. The number of hydrogen-bond acceptors (Lipinski definition) is 3. The lowest BCUT2D eigenvalue weighted by Crippen LogP contribution is -2.40. The van der Waals surface area contributed by atoms with Crippen molar-refractivity contribution in [3.63, 3.8) is 0 Å². The molecule has 2 heterocycles. The summed E-state index contributed by atoms with van der Waals surface area (Å²) >= 11 is 0. The number of carbonyl (C=O) groups excluding carboxylic acids is 1. The van der Waals surface area contributed by atoms with Crippen LogP contribution in [0.3, 0.4) is 0 Å². The molecule has 0 aromatic carbocycles. The Balaban J connectivity index is 1.70. The van der Waals surface area contributed by atoms with Crippen LogP contribution in [0.2, 0.25) is 0 Å². The van der Waals surface area contributed by atoms with Crippen LogP contribution in [0.1, 0.15) is 26.2 Å². The SMILES string of the molecule is CC1CCN(CCN2CC(CN)CC2=O)CC1. The summed E-state index contributed by atoms with van der Waals surface area (Å²) in [7, 11) is 0. The Kier molecular flexibility index (Phi) is 4.40. The second-order valence-electron chi connectivity index (χ2n) is 5.67. The van der Waals surface area contributed by atoms with Crippen molar-refractivity contribution in [1.82, 2.24) is 9.80 Å². The minimum Gasteiger partial charge on any atom is -0.341 e. The molecule has 0 aromatic rings. The molecular weight excluding hydrogens is 214 g/mol. The predicted molar refractivity (Wildman–Crippen MR) is 68.6 cm³/mol. The number of carbonyl (C=O) groups is 1. The Morgan fingerprint density at radius 3 is 2.59 bits per heavy atom. The molecule has 0 saturated carbocycles. The molecule has 4 heteroatoms. The van der Waals surface area contributed by atoms with Gasteiger partial charge < -0.3 is 15.5 Å². The Morgan fingerprint density at radius 1 is 1.29 bits per heavy atom. The molecule has 98 valence electrons. The second-order valence-corrected chi connectivity index (χ2v) is 5.67. The molecule has 2 saturated heterocycles. The van der Waals surface area contributed by atoms with Crippen LogP contribution in [-0.2, 0) is 4.79 Å². The standard InChI is InChI=1S/C13H25N3O/c1-11-2-4-15(5-3-11)6-7-16-10-12(9-14)8-13(16)17/h11-12H,2-10,14H2,1H3. The number of hydrogen-bond donors (Lipinski definition) is 1. The molecule has 0 radical (unpaired) electrons. The first-order valence-electron chi connectivity index (χ1n) is 6.89. The van der Waals surface area contributed by atoms with Crippen LogP contribution in [0.4, 0.5) is 0 Å². The van der Waals surface area contributed by atoms with E-state index in [1.807, 2.05) is 4.90 Å². The zero-order valence-electron chi connectivity index (χ0n) is 10.9. The molecule has 1 unspecified atom stereocenters. The Labute approximate surface area is 104 Å². The molecule has 2 rings (SSSR count). The Morgan fingerprint density at radius 2 is 2.00 bits per heavy atom. The smallest absolute Gasteiger partial charge is 0.223 e. The zero-order chi connectivity index (χ0) is 12.3. The highest BCUT2D eigenvalue weighted by Crippen LogP contribution is 2.18. The summed E-state index contributed by atoms with van der Waals surface area (Å²) in [5, 5.41) is 0. The molecule has 2 N–H and O–H groups in total. The van der Waals surface area contributed by atoms with Crippen LogP contribution in [-0.4, -0.2) is 55.0 Å². The fourth-order valence-electron chi connectivity index (χ4n) is 2.78. The molecule has 0 spiro atoms. The Hall–Kier alpha value is -0.610. The Bertz CT molecular complexity index is 261. The summed E-state index contributed by atoms with van der Waals surface area (Å²) in [4.78, 5) is 16.2. The van der Waals surface area contributed by atoms with Crippen molar-refractivity contribution >= 4 is 5.91 Å². The topological polar surface area (TPSA) is 49.6 Å². The second kappa shape index (κ2) is 5.83. The van der Waals surface area contributed by atoms with E-state index >= 15 is 0 Å². The van der Waals surface area contributed by atoms with Crippen LogP contribution in [0, 0.1) is 11.8 Å². The van der Waals surface area contributed by atoms with Gasteiger partial charge in [-0.15, -0.1) is 0 Å². The van der Waals surface area contributed by atoms with Crippen LogP contribution >= 0.6 is 0 Å². The molecule has 1 amide bonds. The highest BCUT2D eigenvalue weighted by Gasteiger charge is 2.28. The van der Waals surface area contributed by atoms with Gasteiger partial charge in [0.25, 0.3) is 0 Å². The lowest BCUT2D eigenvalue weighted by molar-refractivity contribution is -0.127. The zero-order valence-corrected chi connectivity index (χ0v) is 10.9. The van der Waals surface area contributed by atoms with Crippen LogP contribution < -0.4 is 5.73 Å². The molecule has 2 aliphatic heterocycles. The highest BCUT2D eigenvalue weighted by molar-refractivity contribution is 5.78. The van der Waals surface area contributed by atoms with Crippen molar-refractivity contribution < 1.29 is 4.79 Å². The maximum absolute atomic E-state index is 11.7. The minimum absolute atomic E-state index is 0.297. The predicted octanol–water partition coefficient (Wildman–Crippen LogP) is 0.526. The summed E-state index contributed by atoms with van der Waals surface area (Å²) in [6, 6.07) is 0. The normalized spacial score (nSPS) is 28.0. The van der Waals surface area contributed by atoms with Crippen LogP contribution in [0.5, 0.6) is 0 Å². The van der Waals surface area contributed by atoms with Gasteiger partial charge in [-0.25, -0.2) is 0 Å². The molecule has 2 fully saturated rings. The first-order chi connectivity index (χ1) is 8.19. The summed E-state index contributed by atoms with van der Waals surface area (Å²) < 4.78 is 0. The van der Waals surface area contributed by atoms with Crippen LogP contribution in [0.15, 0.2) is 0 Å². The van der Waals surface area contributed by atoms with Crippen molar-refractivity contribution in [2.45, 2.75) is 26.2 Å². The first kappa shape index (κ1) is 12.8. The molecule has 2 aliphatic rings. The van der Waals surface area contributed by atoms with Gasteiger partial charge in [0.2, 0.25) is 5.91 Å². The van der Waals surface area contributed by atoms with Gasteiger partial charge in [0.1, 0.15) is 0 Å². The molecule has 4 nitrogen and oxygen atoms in total. The fraction of sp³-hybridized carbons (Fsp3) is 0.923. The van der Waals surface area contributed by atoms with Gasteiger partial charge in [0.15, 0.2) is 0 Å². The van der Waals surface area contributed by atoms with Crippen molar-refractivity contribution in [1.29, 1.82) is 0 Å². The van der Waals surface area contributed by atoms with E-state index in [4.69, 9.17) is 5.73 Å². The average Bonchev–Trinajstić information content (AvgIpc) is 2.69. The number of rotatable bonds is 4. The summed E-state index contributed by atoms with van der Waals surface area (Å²) in [5.74, 6) is 1.57. The highest BCUT2D eigenvalue weighted by atomic mass is 16.2. The molecule has 17 heavy (non-hydrogen) atoms. The summed E-state index contributed by atoms with van der Waals surface area (Å²) in [6.45, 7) is 8.17. The number of nitrogens with two attached hydrogens (primary N) is 1. The van der Waals surface area contributed by atoms with Gasteiger partial charge in [-0.3, -0.25) is 4.79 Å². The average molecular weight is 239 g/mol. The van der Waals surface area contributed by atoms with Crippen molar-refractivity contribution in [3.05, 3.63) is 0 Å². The third-order valence-electron chi connectivity index (χ3n) is 4.19. The molecule has 1 atom stereocenters. The van der Waals surface area contributed by atoms with E-state index in [1.165, 1.54) is 25.9 Å². The summed E-state index contributed by atoms with van der Waals surface area (Å²) in [6.07, 6.45) is 3.27. The van der Waals surface area contributed by atoms with E-state index in [0.29, 0.717) is 24.8 Å². The molecule has 0 bridgehead atoms. The van der Waals surface area contributed by atoms with Crippen molar-refractivity contribution in [2.75, 3.05) is 39.3 Å². The number of piperidine rings is 1. The van der Waals surface area contributed by atoms with Gasteiger partial charge in [0.05, 0.1) is 0 Å². The molecule has 0 aromatic heterocycles. The first-order valence-corrected chi connectivity index (χ1v) is 6.89. The third kappa shape index (κ3) is 3.42. The van der Waals surface area contributed by atoms with Gasteiger partial charge in [-0.05, 0) is 44.3 Å². The fourth-order valence-corrected chi connectivity index (χ4v) is 2.78. The minimum atomic E-state index is 0.297. The quantitative estimate of drug-likeness (QED) is 0.778. The molecule has 0 aliphatic carbocycles. The number of nitrogens with zero attached hydrogens (tertiary/aromatic N) is 2.